The summed E-state index contributed by atoms with van der Waals surface area (Å²) in [4.78, 5) is 18.1. The summed E-state index contributed by atoms with van der Waals surface area (Å²) in [6, 6.07) is 21.7. The van der Waals surface area contributed by atoms with Crippen LogP contribution < -0.4 is 15.0 Å². The number of ether oxygens (including phenoxy) is 2. The number of benzene rings is 3. The molecule has 1 aliphatic rings. The fraction of sp³-hybridized carbons (Fsp3) is 0.387. The maximum atomic E-state index is 12.3. The second-order valence-electron chi connectivity index (χ2n) is 9.86. The SMILES string of the molecule is COC(=O)C(O)C(Sc1cc(Cl)ccc1NCCCN1CCN(c2ccc(C)cc2)CC1)c1ccc(OC)cc1. The van der Waals surface area contributed by atoms with Crippen molar-refractivity contribution in [2.45, 2.75) is 29.6 Å². The molecule has 9 heteroatoms. The lowest BCUT2D eigenvalue weighted by Crippen LogP contribution is -2.46. The number of carbonyl (C=O) groups is 1. The van der Waals surface area contributed by atoms with Gasteiger partial charge in [-0.1, -0.05) is 41.4 Å². The molecule has 214 valence electrons. The van der Waals surface area contributed by atoms with Crippen molar-refractivity contribution >= 4 is 40.7 Å². The number of aliphatic hydroxyl groups is 1. The smallest absolute Gasteiger partial charge is 0.336 e. The van der Waals surface area contributed by atoms with Crippen LogP contribution in [0.15, 0.2) is 71.6 Å². The molecular weight excluding hydrogens is 546 g/mol. The van der Waals surface area contributed by atoms with Crippen molar-refractivity contribution < 1.29 is 19.4 Å². The van der Waals surface area contributed by atoms with Crippen LogP contribution >= 0.6 is 23.4 Å². The summed E-state index contributed by atoms with van der Waals surface area (Å²) in [5.74, 6) is 0.00839. The number of aliphatic hydroxyl groups excluding tert-OH is 1. The van der Waals surface area contributed by atoms with Gasteiger partial charge in [0, 0.05) is 54.0 Å². The predicted molar refractivity (Wildman–Crippen MR) is 164 cm³/mol. The van der Waals surface area contributed by atoms with Gasteiger partial charge in [0.25, 0.3) is 0 Å². The Hall–Kier alpha value is -2.91. The molecule has 0 saturated carbocycles. The summed E-state index contributed by atoms with van der Waals surface area (Å²) >= 11 is 7.74. The molecule has 1 aliphatic heterocycles. The van der Waals surface area contributed by atoms with Crippen molar-refractivity contribution in [3.63, 3.8) is 0 Å². The molecule has 2 N–H and O–H groups in total. The summed E-state index contributed by atoms with van der Waals surface area (Å²) in [5.41, 5.74) is 4.27. The first-order valence-corrected chi connectivity index (χ1v) is 14.8. The minimum absolute atomic E-state index is 0.584. The number of carbonyl (C=O) groups excluding carboxylic acids is 1. The Kier molecular flexibility index (Phi) is 11.0. The third-order valence-electron chi connectivity index (χ3n) is 7.11. The van der Waals surface area contributed by atoms with Gasteiger partial charge in [-0.2, -0.15) is 0 Å². The Morgan fingerprint density at radius 3 is 2.38 bits per heavy atom. The minimum Gasteiger partial charge on any atom is -0.497 e. The molecule has 3 aromatic rings. The Labute approximate surface area is 246 Å². The average Bonchev–Trinajstić information content (AvgIpc) is 2.99. The van der Waals surface area contributed by atoms with Crippen LogP contribution in [0.5, 0.6) is 5.75 Å². The van der Waals surface area contributed by atoms with E-state index >= 15 is 0 Å². The lowest BCUT2D eigenvalue weighted by Gasteiger charge is -2.36. The van der Waals surface area contributed by atoms with E-state index in [1.807, 2.05) is 42.5 Å². The van der Waals surface area contributed by atoms with Gasteiger partial charge in [-0.05, 0) is 67.9 Å². The third-order valence-corrected chi connectivity index (χ3v) is 8.72. The fourth-order valence-electron chi connectivity index (χ4n) is 4.74. The van der Waals surface area contributed by atoms with Crippen LogP contribution in [-0.4, -0.2) is 75.6 Å². The van der Waals surface area contributed by atoms with Gasteiger partial charge in [-0.25, -0.2) is 4.79 Å². The highest BCUT2D eigenvalue weighted by atomic mass is 35.5. The van der Waals surface area contributed by atoms with E-state index in [-0.39, 0.29) is 0 Å². The first kappa shape index (κ1) is 30.1. The fourth-order valence-corrected chi connectivity index (χ4v) is 6.25. The summed E-state index contributed by atoms with van der Waals surface area (Å²) in [6.07, 6.45) is -0.363. The number of nitrogens with one attached hydrogen (secondary N) is 1. The van der Waals surface area contributed by atoms with Gasteiger partial charge in [0.2, 0.25) is 0 Å². The number of methoxy groups -OCH3 is 2. The number of hydrogen-bond acceptors (Lipinski definition) is 8. The Bertz CT molecular complexity index is 1230. The zero-order chi connectivity index (χ0) is 28.5. The number of thioether (sulfide) groups is 1. The van der Waals surface area contributed by atoms with E-state index in [1.165, 1.54) is 30.1 Å². The molecule has 0 amide bonds. The van der Waals surface area contributed by atoms with Gasteiger partial charge in [0.1, 0.15) is 5.75 Å². The highest BCUT2D eigenvalue weighted by molar-refractivity contribution is 7.99. The first-order chi connectivity index (χ1) is 19.4. The highest BCUT2D eigenvalue weighted by Crippen LogP contribution is 2.43. The summed E-state index contributed by atoms with van der Waals surface area (Å²) in [5, 5.41) is 14.4. The molecule has 40 heavy (non-hydrogen) atoms. The Morgan fingerprint density at radius 2 is 1.73 bits per heavy atom. The summed E-state index contributed by atoms with van der Waals surface area (Å²) in [7, 11) is 2.87. The standard InChI is InChI=1S/C31H38ClN3O4S/c1-22-5-10-25(11-6-22)35-19-17-34(18-20-35)16-4-15-33-27-14-9-24(32)21-28(27)40-30(29(36)31(37)39-3)23-7-12-26(38-2)13-8-23/h5-14,21,29-30,33,36H,4,15-20H2,1-3H3. The second-order valence-corrected chi connectivity index (χ2v) is 11.5. The van der Waals surface area contributed by atoms with E-state index in [0.717, 1.165) is 61.8 Å². The van der Waals surface area contributed by atoms with Gasteiger partial charge in [-0.15, -0.1) is 11.8 Å². The molecule has 0 bridgehead atoms. The highest BCUT2D eigenvalue weighted by Gasteiger charge is 2.30. The topological polar surface area (TPSA) is 74.3 Å². The monoisotopic (exact) mass is 583 g/mol. The minimum atomic E-state index is -1.35. The van der Waals surface area contributed by atoms with E-state index in [1.54, 1.807) is 7.11 Å². The largest absolute Gasteiger partial charge is 0.497 e. The van der Waals surface area contributed by atoms with Gasteiger partial charge in [-0.3, -0.25) is 4.90 Å². The number of esters is 1. The first-order valence-electron chi connectivity index (χ1n) is 13.5. The van der Waals surface area contributed by atoms with E-state index < -0.39 is 17.3 Å². The number of nitrogens with zero attached hydrogens (tertiary/aromatic N) is 2. The van der Waals surface area contributed by atoms with E-state index in [0.29, 0.717) is 10.8 Å². The summed E-state index contributed by atoms with van der Waals surface area (Å²) < 4.78 is 10.1. The maximum absolute atomic E-state index is 12.3. The van der Waals surface area contributed by atoms with Crippen molar-refractivity contribution in [2.75, 3.05) is 63.7 Å². The number of halogens is 1. The molecule has 3 aromatic carbocycles. The predicted octanol–water partition coefficient (Wildman–Crippen LogP) is 5.65. The van der Waals surface area contributed by atoms with Crippen LogP contribution in [0.2, 0.25) is 5.02 Å². The molecule has 2 atom stereocenters. The van der Waals surface area contributed by atoms with E-state index in [9.17, 15) is 9.90 Å². The van der Waals surface area contributed by atoms with Crippen molar-refractivity contribution in [2.24, 2.45) is 0 Å². The molecule has 7 nitrogen and oxygen atoms in total. The second kappa shape index (κ2) is 14.6. The zero-order valence-corrected chi connectivity index (χ0v) is 24.9. The lowest BCUT2D eigenvalue weighted by atomic mass is 10.1. The van der Waals surface area contributed by atoms with Crippen LogP contribution in [0.4, 0.5) is 11.4 Å². The molecule has 0 radical (unpaired) electrons. The van der Waals surface area contributed by atoms with Gasteiger partial charge < -0.3 is 24.8 Å². The number of anilines is 2. The molecule has 0 aromatic heterocycles. The van der Waals surface area contributed by atoms with Gasteiger partial charge in [0.15, 0.2) is 6.10 Å². The van der Waals surface area contributed by atoms with E-state index in [2.05, 4.69) is 46.3 Å². The van der Waals surface area contributed by atoms with Gasteiger partial charge in [0.05, 0.1) is 19.5 Å². The molecule has 2 unspecified atom stereocenters. The maximum Gasteiger partial charge on any atom is 0.336 e. The van der Waals surface area contributed by atoms with Crippen LogP contribution in [0, 0.1) is 6.92 Å². The number of aryl methyl sites for hydroxylation is 1. The number of piperazine rings is 1. The zero-order valence-electron chi connectivity index (χ0n) is 23.3. The van der Waals surface area contributed by atoms with Crippen molar-refractivity contribution in [3.05, 3.63) is 82.9 Å². The quantitative estimate of drug-likeness (QED) is 0.161. The normalized spacial score (nSPS) is 15.4. The van der Waals surface area contributed by atoms with Crippen molar-refractivity contribution in [1.82, 2.24) is 4.90 Å². The molecule has 0 spiro atoms. The number of hydrogen-bond donors (Lipinski definition) is 2. The molecule has 1 fully saturated rings. The molecular formula is C31H38ClN3O4S. The van der Waals surface area contributed by atoms with Crippen molar-refractivity contribution in [1.29, 1.82) is 0 Å². The van der Waals surface area contributed by atoms with Crippen LogP contribution in [0.3, 0.4) is 0 Å². The van der Waals surface area contributed by atoms with Crippen LogP contribution in [0.25, 0.3) is 0 Å². The molecule has 4 rings (SSSR count). The summed E-state index contributed by atoms with van der Waals surface area (Å²) in [6.45, 7) is 8.08. The average molecular weight is 584 g/mol. The van der Waals surface area contributed by atoms with E-state index in [4.69, 9.17) is 21.1 Å². The Balaban J connectivity index is 1.35. The third kappa shape index (κ3) is 8.07. The number of rotatable bonds is 12. The lowest BCUT2D eigenvalue weighted by molar-refractivity contribution is -0.150. The van der Waals surface area contributed by atoms with Gasteiger partial charge >= 0.3 is 5.97 Å². The molecule has 0 aliphatic carbocycles. The molecule has 1 heterocycles. The Morgan fingerprint density at radius 1 is 1.02 bits per heavy atom. The molecule has 1 saturated heterocycles. The van der Waals surface area contributed by atoms with Crippen LogP contribution in [0.1, 0.15) is 22.8 Å². The van der Waals surface area contributed by atoms with Crippen molar-refractivity contribution in [3.8, 4) is 5.75 Å². The van der Waals surface area contributed by atoms with Crippen LogP contribution in [-0.2, 0) is 9.53 Å².